The van der Waals surface area contributed by atoms with Crippen molar-refractivity contribution in [1.29, 1.82) is 0 Å². The maximum Gasteiger partial charge on any atom is 0.191 e. The molecule has 2 aliphatic rings. The highest BCUT2D eigenvalue weighted by Crippen LogP contribution is 2.44. The highest BCUT2D eigenvalue weighted by molar-refractivity contribution is 5.92. The number of anilines is 3. The summed E-state index contributed by atoms with van der Waals surface area (Å²) in [5.74, 6) is 2.67. The van der Waals surface area contributed by atoms with Crippen LogP contribution in [0.2, 0.25) is 0 Å². The number of aromatic nitrogens is 5. The van der Waals surface area contributed by atoms with Gasteiger partial charge in [-0.25, -0.2) is 23.7 Å². The quantitative estimate of drug-likeness (QED) is 0.195. The van der Waals surface area contributed by atoms with Crippen molar-refractivity contribution in [2.24, 2.45) is 17.8 Å². The summed E-state index contributed by atoms with van der Waals surface area (Å²) in [4.78, 5) is 16.8. The van der Waals surface area contributed by atoms with Gasteiger partial charge in [-0.2, -0.15) is 5.10 Å². The Morgan fingerprint density at radius 1 is 1.02 bits per heavy atom. The molecule has 2 unspecified atom stereocenters. The maximum atomic E-state index is 14.7. The van der Waals surface area contributed by atoms with Gasteiger partial charge >= 0.3 is 0 Å². The average Bonchev–Trinajstić information content (AvgIpc) is 3.54. The first kappa shape index (κ1) is 28.2. The zero-order valence-corrected chi connectivity index (χ0v) is 25.0. The summed E-state index contributed by atoms with van der Waals surface area (Å²) >= 11 is 0. The van der Waals surface area contributed by atoms with E-state index in [1.54, 1.807) is 13.8 Å². The van der Waals surface area contributed by atoms with E-state index in [0.29, 0.717) is 47.2 Å². The number of H-pyrrole nitrogens is 1. The number of nitrogens with zero attached hydrogens (tertiary/aromatic N) is 5. The molecule has 5 aromatic rings. The van der Waals surface area contributed by atoms with Crippen molar-refractivity contribution < 1.29 is 13.5 Å². The van der Waals surface area contributed by atoms with E-state index in [2.05, 4.69) is 20.4 Å². The summed E-state index contributed by atoms with van der Waals surface area (Å²) in [7, 11) is 0. The third-order valence-electron chi connectivity index (χ3n) is 8.67. The van der Waals surface area contributed by atoms with E-state index in [1.165, 1.54) is 12.1 Å². The normalized spacial score (nSPS) is 19.6. The van der Waals surface area contributed by atoms with Crippen LogP contribution in [-0.4, -0.2) is 44.3 Å². The van der Waals surface area contributed by atoms with Crippen LogP contribution in [0, 0.1) is 36.3 Å². The Morgan fingerprint density at radius 3 is 2.57 bits per heavy atom. The summed E-state index contributed by atoms with van der Waals surface area (Å²) in [5.41, 5.74) is 3.30. The number of benzene rings is 2. The maximum absolute atomic E-state index is 14.7. The third-order valence-corrected chi connectivity index (χ3v) is 8.67. The zero-order chi connectivity index (χ0) is 30.4. The average molecular weight is 596 g/mol. The van der Waals surface area contributed by atoms with Gasteiger partial charge in [-0.05, 0) is 99.7 Å². The van der Waals surface area contributed by atoms with E-state index in [0.717, 1.165) is 53.9 Å². The Labute approximate surface area is 254 Å². The van der Waals surface area contributed by atoms with Crippen LogP contribution in [0.4, 0.5) is 26.2 Å². The van der Waals surface area contributed by atoms with E-state index >= 15 is 0 Å². The minimum atomic E-state index is -0.630. The molecule has 7 rings (SSSR count). The van der Waals surface area contributed by atoms with E-state index in [-0.39, 0.29) is 11.9 Å². The molecule has 4 heterocycles. The van der Waals surface area contributed by atoms with Crippen LogP contribution in [0.1, 0.15) is 37.9 Å². The molecule has 2 aromatic carbocycles. The topological polar surface area (TPSA) is 91.8 Å². The van der Waals surface area contributed by atoms with Crippen molar-refractivity contribution >= 4 is 28.4 Å². The van der Waals surface area contributed by atoms with Crippen LogP contribution in [0.5, 0.6) is 5.75 Å². The molecule has 1 aliphatic carbocycles. The minimum Gasteiger partial charge on any atom is -0.485 e. The largest absolute Gasteiger partial charge is 0.485 e. The Morgan fingerprint density at radius 2 is 1.84 bits per heavy atom. The third kappa shape index (κ3) is 5.68. The number of pyridine rings is 1. The summed E-state index contributed by atoms with van der Waals surface area (Å²) < 4.78 is 34.6. The van der Waals surface area contributed by atoms with Crippen molar-refractivity contribution in [3.8, 4) is 17.1 Å². The molecule has 226 valence electrons. The van der Waals surface area contributed by atoms with Crippen molar-refractivity contribution in [3.05, 3.63) is 83.7 Å². The molecule has 0 radical (unpaired) electrons. The van der Waals surface area contributed by atoms with Gasteiger partial charge in [0.15, 0.2) is 29.0 Å². The first-order valence-corrected chi connectivity index (χ1v) is 15.2. The predicted octanol–water partition coefficient (Wildman–Crippen LogP) is 7.24. The summed E-state index contributed by atoms with van der Waals surface area (Å²) in [6.07, 6.45) is 4.38. The Balaban J connectivity index is 1.07. The molecule has 0 amide bonds. The number of hydrogen-bond acceptors (Lipinski definition) is 7. The molecular formula is C34H35F2N7O. The van der Waals surface area contributed by atoms with Gasteiger partial charge < -0.3 is 15.0 Å². The fourth-order valence-electron chi connectivity index (χ4n) is 6.81. The zero-order valence-electron chi connectivity index (χ0n) is 25.0. The van der Waals surface area contributed by atoms with Gasteiger partial charge in [0, 0.05) is 42.0 Å². The Bertz CT molecular complexity index is 1780. The van der Waals surface area contributed by atoms with Crippen molar-refractivity contribution in [3.63, 3.8) is 0 Å². The molecule has 1 saturated heterocycles. The smallest absolute Gasteiger partial charge is 0.191 e. The molecular weight excluding hydrogens is 560 g/mol. The molecule has 2 fully saturated rings. The molecule has 2 bridgehead atoms. The molecule has 1 aliphatic heterocycles. The molecule has 1 saturated carbocycles. The van der Waals surface area contributed by atoms with Crippen LogP contribution >= 0.6 is 0 Å². The van der Waals surface area contributed by atoms with Crippen LogP contribution in [-0.2, 0) is 6.42 Å². The Kier molecular flexibility index (Phi) is 7.35. The molecule has 2 N–H and O–H groups in total. The minimum absolute atomic E-state index is 0.288. The first-order chi connectivity index (χ1) is 21.3. The van der Waals surface area contributed by atoms with Gasteiger partial charge in [0.25, 0.3) is 0 Å². The molecule has 3 aromatic heterocycles. The number of para-hydroxylation sites is 1. The number of halogens is 2. The summed E-state index contributed by atoms with van der Waals surface area (Å²) in [5, 5.41) is 11.5. The number of nitrogens with one attached hydrogen (secondary N) is 2. The van der Waals surface area contributed by atoms with Gasteiger partial charge in [-0.1, -0.05) is 12.1 Å². The highest BCUT2D eigenvalue weighted by atomic mass is 19.1. The lowest BCUT2D eigenvalue weighted by atomic mass is 9.89. The second-order valence-electron chi connectivity index (χ2n) is 12.4. The number of fused-ring (bicyclic) bond motifs is 3. The molecule has 0 spiro atoms. The molecule has 8 nitrogen and oxygen atoms in total. The van der Waals surface area contributed by atoms with Crippen LogP contribution in [0.15, 0.2) is 60.8 Å². The molecule has 44 heavy (non-hydrogen) atoms. The molecule has 10 heteroatoms. The summed E-state index contributed by atoms with van der Waals surface area (Å²) in [6.45, 7) is 7.26. The van der Waals surface area contributed by atoms with Crippen molar-refractivity contribution in [2.45, 2.75) is 46.1 Å². The van der Waals surface area contributed by atoms with Crippen LogP contribution in [0.3, 0.4) is 0 Å². The van der Waals surface area contributed by atoms with Crippen LogP contribution < -0.4 is 15.0 Å². The SMILES string of the molecule is Cc1cc(Nc2nc(-c3ccc(N4CC5CC(C4)[C@H](Cc4cc(F)c(OC(C)C)c(F)c4)C5)nc3)nc3ccccc23)n[nH]1. The number of hydrogen-bond donors (Lipinski definition) is 2. The molecule has 3 atom stereocenters. The van der Waals surface area contributed by atoms with E-state index in [1.807, 2.05) is 55.6 Å². The van der Waals surface area contributed by atoms with E-state index in [4.69, 9.17) is 19.7 Å². The number of aryl methyl sites for hydroxylation is 1. The predicted molar refractivity (Wildman–Crippen MR) is 167 cm³/mol. The van der Waals surface area contributed by atoms with Crippen molar-refractivity contribution in [2.75, 3.05) is 23.3 Å². The van der Waals surface area contributed by atoms with Gasteiger partial charge in [-0.15, -0.1) is 0 Å². The van der Waals surface area contributed by atoms with Gasteiger partial charge in [0.2, 0.25) is 0 Å². The number of rotatable bonds is 8. The fourth-order valence-corrected chi connectivity index (χ4v) is 6.81. The standard InChI is InChI=1S/C34H35F2N7O/c1-19(2)44-32-27(35)14-21(15-28(32)36)11-24-12-22-13-25(24)18-43(17-22)31-9-8-23(16-37-31)33-38-29-7-5-4-6-26(29)34(40-33)39-30-10-20(3)41-42-30/h4-10,14-16,19,22,24-25H,11-13,17-18H2,1-3H3,(H2,38,39,40,41,42)/t22?,24-,25?/m1/s1. The lowest BCUT2D eigenvalue weighted by Gasteiger charge is -2.33. The van der Waals surface area contributed by atoms with Gasteiger partial charge in [-0.3, -0.25) is 5.10 Å². The lowest BCUT2D eigenvalue weighted by molar-refractivity contribution is 0.219. The van der Waals surface area contributed by atoms with E-state index < -0.39 is 11.6 Å². The monoisotopic (exact) mass is 595 g/mol. The number of aromatic amines is 1. The second kappa shape index (κ2) is 11.5. The first-order valence-electron chi connectivity index (χ1n) is 15.2. The van der Waals surface area contributed by atoms with Crippen LogP contribution in [0.25, 0.3) is 22.3 Å². The fraction of sp³-hybridized carbons (Fsp3) is 0.353. The van der Waals surface area contributed by atoms with Gasteiger partial charge in [0.05, 0.1) is 11.6 Å². The van der Waals surface area contributed by atoms with E-state index in [9.17, 15) is 8.78 Å². The van der Waals surface area contributed by atoms with Crippen molar-refractivity contribution in [1.82, 2.24) is 25.1 Å². The second-order valence-corrected chi connectivity index (χ2v) is 12.4. The highest BCUT2D eigenvalue weighted by Gasteiger charge is 2.40. The lowest BCUT2D eigenvalue weighted by Crippen LogP contribution is -2.37. The summed E-state index contributed by atoms with van der Waals surface area (Å²) in [6, 6.07) is 16.8. The Hall–Kier alpha value is -4.60. The number of ether oxygens (including phenoxy) is 1. The number of piperidine rings is 1. The van der Waals surface area contributed by atoms with Gasteiger partial charge in [0.1, 0.15) is 11.6 Å².